The van der Waals surface area contributed by atoms with Crippen molar-refractivity contribution in [3.05, 3.63) is 0 Å². The van der Waals surface area contributed by atoms with Crippen LogP contribution in [0.5, 0.6) is 0 Å². The lowest BCUT2D eigenvalue weighted by molar-refractivity contribution is -0.161. The number of aliphatic hydroxyl groups is 1. The molecule has 0 bridgehead atoms. The van der Waals surface area contributed by atoms with Gasteiger partial charge in [-0.2, -0.15) is 0 Å². The average molecular weight is 1210 g/mol. The van der Waals surface area contributed by atoms with Gasteiger partial charge in [0.05, 0.1) is 26.4 Å². The van der Waals surface area contributed by atoms with Gasteiger partial charge in [-0.3, -0.25) is 37.3 Å². The second-order valence-corrected chi connectivity index (χ2v) is 25.7. The maximum atomic E-state index is 13.0. The Morgan fingerprint density at radius 3 is 0.720 bits per heavy atom. The maximum absolute atomic E-state index is 13.0. The molecule has 5 atom stereocenters. The van der Waals surface area contributed by atoms with Gasteiger partial charge in [-0.25, -0.2) is 9.13 Å². The van der Waals surface area contributed by atoms with E-state index in [1.54, 1.807) is 0 Å². The van der Waals surface area contributed by atoms with Crippen LogP contribution in [0.2, 0.25) is 0 Å². The largest absolute Gasteiger partial charge is 0.472 e. The van der Waals surface area contributed by atoms with Gasteiger partial charge in [-0.15, -0.1) is 0 Å². The highest BCUT2D eigenvalue weighted by Crippen LogP contribution is 2.45. The highest BCUT2D eigenvalue weighted by molar-refractivity contribution is 7.47. The van der Waals surface area contributed by atoms with Gasteiger partial charge in [0.15, 0.2) is 12.2 Å². The number of aliphatic hydroxyl groups excluding tert-OH is 1. The third kappa shape index (κ3) is 57.2. The molecular formula is C63H122O17P2. The summed E-state index contributed by atoms with van der Waals surface area (Å²) in [6, 6.07) is 0. The number of carbonyl (C=O) groups is 4. The van der Waals surface area contributed by atoms with Crippen molar-refractivity contribution >= 4 is 39.5 Å². The van der Waals surface area contributed by atoms with Crippen LogP contribution < -0.4 is 0 Å². The molecule has 0 aliphatic carbocycles. The van der Waals surface area contributed by atoms with E-state index in [2.05, 4.69) is 27.7 Å². The van der Waals surface area contributed by atoms with E-state index >= 15 is 0 Å². The average Bonchev–Trinajstić information content (AvgIpc) is 3.45. The number of hydrogen-bond acceptors (Lipinski definition) is 15. The van der Waals surface area contributed by atoms with Crippen LogP contribution in [0, 0.1) is 0 Å². The van der Waals surface area contributed by atoms with Crippen molar-refractivity contribution in [1.29, 1.82) is 0 Å². The number of unbranched alkanes of at least 4 members (excludes halogenated alkanes) is 38. The van der Waals surface area contributed by atoms with E-state index in [-0.39, 0.29) is 25.7 Å². The molecule has 19 heteroatoms. The van der Waals surface area contributed by atoms with Gasteiger partial charge < -0.3 is 33.8 Å². The van der Waals surface area contributed by atoms with Crippen LogP contribution in [0.15, 0.2) is 0 Å². The second-order valence-electron chi connectivity index (χ2n) is 22.8. The van der Waals surface area contributed by atoms with Gasteiger partial charge in [0.1, 0.15) is 19.3 Å². The summed E-state index contributed by atoms with van der Waals surface area (Å²) < 4.78 is 67.9. The van der Waals surface area contributed by atoms with Crippen LogP contribution in [0.4, 0.5) is 0 Å². The Bertz CT molecular complexity index is 1590. The second kappa shape index (κ2) is 58.1. The van der Waals surface area contributed by atoms with E-state index in [1.165, 1.54) is 148 Å². The lowest BCUT2D eigenvalue weighted by Gasteiger charge is -2.21. The van der Waals surface area contributed by atoms with E-state index in [0.29, 0.717) is 25.7 Å². The molecule has 82 heavy (non-hydrogen) atoms. The van der Waals surface area contributed by atoms with Gasteiger partial charge in [-0.05, 0) is 25.7 Å². The fourth-order valence-corrected chi connectivity index (χ4v) is 11.0. The van der Waals surface area contributed by atoms with Crippen molar-refractivity contribution in [2.75, 3.05) is 39.6 Å². The first-order valence-electron chi connectivity index (χ1n) is 33.3. The Kier molecular flexibility index (Phi) is 56.7. The van der Waals surface area contributed by atoms with Crippen LogP contribution in [-0.2, 0) is 65.4 Å². The Labute approximate surface area is 498 Å². The van der Waals surface area contributed by atoms with Gasteiger partial charge >= 0.3 is 39.5 Å². The van der Waals surface area contributed by atoms with Crippen LogP contribution in [-0.4, -0.2) is 96.7 Å². The molecule has 0 fully saturated rings. The smallest absolute Gasteiger partial charge is 0.462 e. The highest BCUT2D eigenvalue weighted by atomic mass is 31.2. The van der Waals surface area contributed by atoms with Crippen LogP contribution in [0.3, 0.4) is 0 Å². The summed E-state index contributed by atoms with van der Waals surface area (Å²) in [5.74, 6) is -2.13. The number of esters is 4. The molecule has 0 radical (unpaired) electrons. The van der Waals surface area contributed by atoms with Crippen LogP contribution >= 0.6 is 15.6 Å². The monoisotopic (exact) mass is 1210 g/mol. The van der Waals surface area contributed by atoms with Crippen LogP contribution in [0.1, 0.15) is 323 Å². The number of carbonyl (C=O) groups excluding carboxylic acids is 4. The van der Waals surface area contributed by atoms with Crippen LogP contribution in [0.25, 0.3) is 0 Å². The fourth-order valence-electron chi connectivity index (χ4n) is 9.46. The minimum atomic E-state index is -4.94. The first kappa shape index (κ1) is 80.1. The lowest BCUT2D eigenvalue weighted by atomic mass is 10.0. The molecule has 0 aromatic rings. The Balaban J connectivity index is 5.21. The van der Waals surface area contributed by atoms with Crippen molar-refractivity contribution in [2.24, 2.45) is 0 Å². The lowest BCUT2D eigenvalue weighted by Crippen LogP contribution is -2.30. The van der Waals surface area contributed by atoms with Gasteiger partial charge in [0.25, 0.3) is 0 Å². The topological polar surface area (TPSA) is 237 Å². The first-order chi connectivity index (χ1) is 39.7. The predicted octanol–water partition coefficient (Wildman–Crippen LogP) is 17.5. The van der Waals surface area contributed by atoms with Crippen molar-refractivity contribution in [3.8, 4) is 0 Å². The van der Waals surface area contributed by atoms with E-state index in [1.807, 2.05) is 0 Å². The number of rotatable bonds is 64. The number of ether oxygens (including phenoxy) is 4. The zero-order valence-electron chi connectivity index (χ0n) is 52.5. The number of hydrogen-bond donors (Lipinski definition) is 3. The normalized spacial score (nSPS) is 14.2. The minimum Gasteiger partial charge on any atom is -0.462 e. The molecule has 17 nitrogen and oxygen atoms in total. The molecule has 3 N–H and O–H groups in total. The molecule has 0 saturated carbocycles. The fraction of sp³-hybridized carbons (Fsp3) is 0.937. The zero-order chi connectivity index (χ0) is 60.5. The molecule has 0 aliphatic heterocycles. The summed E-state index contributed by atoms with van der Waals surface area (Å²) in [5, 5.41) is 10.5. The Morgan fingerprint density at radius 2 is 0.488 bits per heavy atom. The number of phosphoric ester groups is 2. The van der Waals surface area contributed by atoms with Gasteiger partial charge in [0, 0.05) is 25.7 Å². The molecule has 0 amide bonds. The minimum absolute atomic E-state index is 0.107. The van der Waals surface area contributed by atoms with Gasteiger partial charge in [-0.1, -0.05) is 272 Å². The molecule has 0 spiro atoms. The summed E-state index contributed by atoms with van der Waals surface area (Å²) in [4.78, 5) is 72.1. The molecule has 0 rings (SSSR count). The standard InChI is InChI=1S/C63H122O17P2/c1-5-9-13-17-21-25-28-29-30-31-34-38-42-46-50-63(68)80-59(54-74-61(66)48-44-40-36-32-26-22-18-14-10-6-2)56-78-82(71,72)76-52-57(64)51-75-81(69,70)77-55-58(53-73-60(65)47-43-39-35-24-20-16-12-8-4)79-62(67)49-45-41-37-33-27-23-19-15-11-7-3/h57-59,64H,5-56H2,1-4H3,(H,69,70)(H,71,72)/t57-,58+,59+/m0/s1. The summed E-state index contributed by atoms with van der Waals surface area (Å²) in [6.07, 6.45) is 43.0. The van der Waals surface area contributed by atoms with Crippen molar-refractivity contribution in [1.82, 2.24) is 0 Å². The Hall–Kier alpha value is -1.94. The molecule has 0 heterocycles. The molecule has 0 aromatic heterocycles. The molecule has 0 saturated heterocycles. The molecule has 486 valence electrons. The summed E-state index contributed by atoms with van der Waals surface area (Å²) in [5.41, 5.74) is 0. The van der Waals surface area contributed by atoms with E-state index in [4.69, 9.17) is 37.0 Å². The van der Waals surface area contributed by atoms with E-state index in [9.17, 15) is 43.2 Å². The molecular weight excluding hydrogens is 1090 g/mol. The SMILES string of the molecule is CCCCCCCCCCCCCCCCC(=O)O[C@H](COC(=O)CCCCCCCCCCCC)COP(=O)(O)OC[C@@H](O)COP(=O)(O)OC[C@@H](COC(=O)CCCCCCCCCC)OC(=O)CCCCCCCCCCCC. The predicted molar refractivity (Wildman–Crippen MR) is 326 cm³/mol. The summed E-state index contributed by atoms with van der Waals surface area (Å²) in [6.45, 7) is 4.85. The van der Waals surface area contributed by atoms with Crippen molar-refractivity contribution in [3.63, 3.8) is 0 Å². The quantitative estimate of drug-likeness (QED) is 0.0222. The number of phosphoric acid groups is 2. The van der Waals surface area contributed by atoms with Crippen molar-refractivity contribution < 1.29 is 80.2 Å². The maximum Gasteiger partial charge on any atom is 0.472 e. The summed E-state index contributed by atoms with van der Waals surface area (Å²) >= 11 is 0. The van der Waals surface area contributed by atoms with E-state index in [0.717, 1.165) is 96.3 Å². The summed E-state index contributed by atoms with van der Waals surface area (Å²) in [7, 11) is -9.88. The Morgan fingerprint density at radius 1 is 0.293 bits per heavy atom. The third-order valence-electron chi connectivity index (χ3n) is 14.6. The molecule has 2 unspecified atom stereocenters. The first-order valence-corrected chi connectivity index (χ1v) is 36.3. The van der Waals surface area contributed by atoms with E-state index < -0.39 is 97.5 Å². The van der Waals surface area contributed by atoms with Crippen molar-refractivity contribution in [2.45, 2.75) is 341 Å². The zero-order valence-corrected chi connectivity index (χ0v) is 54.2. The molecule has 0 aromatic carbocycles. The highest BCUT2D eigenvalue weighted by Gasteiger charge is 2.30. The van der Waals surface area contributed by atoms with Gasteiger partial charge in [0.2, 0.25) is 0 Å². The third-order valence-corrected chi connectivity index (χ3v) is 16.5. The molecule has 0 aliphatic rings.